The Hall–Kier alpha value is -2.01. The minimum atomic E-state index is 0.0161. The fourth-order valence-corrected chi connectivity index (χ4v) is 2.77. The van der Waals surface area contributed by atoms with Crippen LogP contribution in [0.3, 0.4) is 0 Å². The summed E-state index contributed by atoms with van der Waals surface area (Å²) in [6.45, 7) is 2.95. The van der Waals surface area contributed by atoms with Gasteiger partial charge in [0.1, 0.15) is 17.6 Å². The maximum absolute atomic E-state index is 6.18. The number of hydrogen-bond donors (Lipinski definition) is 1. The molecule has 0 spiro atoms. The van der Waals surface area contributed by atoms with Crippen molar-refractivity contribution in [3.8, 4) is 11.5 Å². The molecule has 0 saturated carbocycles. The summed E-state index contributed by atoms with van der Waals surface area (Å²) < 4.78 is 13.4. The van der Waals surface area contributed by atoms with E-state index in [0.29, 0.717) is 0 Å². The van der Waals surface area contributed by atoms with Gasteiger partial charge < -0.3 is 14.8 Å². The fraction of sp³-hybridized carbons (Fsp3) is 0.438. The number of ether oxygens (including phenoxy) is 2. The van der Waals surface area contributed by atoms with Crippen LogP contribution >= 0.6 is 0 Å². The van der Waals surface area contributed by atoms with E-state index in [2.05, 4.69) is 29.6 Å². The first-order valence-electron chi connectivity index (χ1n) is 7.29. The van der Waals surface area contributed by atoms with E-state index in [9.17, 15) is 0 Å². The number of hydrogen-bond acceptors (Lipinski definition) is 4. The van der Waals surface area contributed by atoms with Crippen molar-refractivity contribution in [1.82, 2.24) is 15.1 Å². The third-order valence-corrected chi connectivity index (χ3v) is 4.01. The highest BCUT2D eigenvalue weighted by Gasteiger charge is 2.29. The molecule has 0 amide bonds. The van der Waals surface area contributed by atoms with Crippen LogP contribution in [0.4, 0.5) is 0 Å². The standard InChI is InChI=1S/C16H21N3O2/c1-4-19-10-11(9-18-19)15-8-14(17-2)13-6-5-12(20-3)7-16(13)21-15/h5-7,9-10,14-15,17H,4,8H2,1-3H3. The zero-order valence-corrected chi connectivity index (χ0v) is 12.7. The quantitative estimate of drug-likeness (QED) is 0.939. The Morgan fingerprint density at radius 3 is 3.00 bits per heavy atom. The average molecular weight is 287 g/mol. The molecule has 0 saturated heterocycles. The number of aromatic nitrogens is 2. The molecular weight excluding hydrogens is 266 g/mol. The average Bonchev–Trinajstić information content (AvgIpc) is 3.02. The van der Waals surface area contributed by atoms with Crippen LogP contribution in [0.15, 0.2) is 30.6 Å². The van der Waals surface area contributed by atoms with Gasteiger partial charge in [-0.05, 0) is 20.0 Å². The van der Waals surface area contributed by atoms with Crippen LogP contribution in [-0.4, -0.2) is 23.9 Å². The number of rotatable bonds is 4. The highest BCUT2D eigenvalue weighted by Crippen LogP contribution is 2.42. The SMILES string of the molecule is CCn1cc(C2CC(NC)c3ccc(OC)cc3O2)cn1. The molecule has 0 aliphatic carbocycles. The summed E-state index contributed by atoms with van der Waals surface area (Å²) in [6, 6.07) is 6.27. The first-order chi connectivity index (χ1) is 10.2. The van der Waals surface area contributed by atoms with E-state index >= 15 is 0 Å². The molecule has 1 N–H and O–H groups in total. The molecule has 5 heteroatoms. The van der Waals surface area contributed by atoms with Gasteiger partial charge in [-0.2, -0.15) is 5.10 Å². The van der Waals surface area contributed by atoms with Crippen molar-refractivity contribution in [2.75, 3.05) is 14.2 Å². The third kappa shape index (κ3) is 2.61. The van der Waals surface area contributed by atoms with E-state index in [-0.39, 0.29) is 12.1 Å². The molecule has 1 aliphatic heterocycles. The second kappa shape index (κ2) is 5.77. The molecule has 2 unspecified atom stereocenters. The Morgan fingerprint density at radius 2 is 2.33 bits per heavy atom. The molecule has 0 radical (unpaired) electrons. The van der Waals surface area contributed by atoms with Crippen LogP contribution in [0, 0.1) is 0 Å². The molecule has 2 heterocycles. The van der Waals surface area contributed by atoms with Gasteiger partial charge in [-0.25, -0.2) is 0 Å². The van der Waals surface area contributed by atoms with Crippen molar-refractivity contribution in [1.29, 1.82) is 0 Å². The molecule has 112 valence electrons. The summed E-state index contributed by atoms with van der Waals surface area (Å²) in [5.41, 5.74) is 2.29. The number of methoxy groups -OCH3 is 1. The number of aryl methyl sites for hydroxylation is 1. The zero-order valence-electron chi connectivity index (χ0n) is 12.7. The van der Waals surface area contributed by atoms with Gasteiger partial charge in [0, 0.05) is 42.4 Å². The lowest BCUT2D eigenvalue weighted by atomic mass is 9.94. The zero-order chi connectivity index (χ0) is 14.8. The highest BCUT2D eigenvalue weighted by atomic mass is 16.5. The molecule has 1 aromatic heterocycles. The number of benzene rings is 1. The van der Waals surface area contributed by atoms with Crippen LogP contribution in [0.25, 0.3) is 0 Å². The van der Waals surface area contributed by atoms with Gasteiger partial charge in [0.2, 0.25) is 0 Å². The molecule has 21 heavy (non-hydrogen) atoms. The fourth-order valence-electron chi connectivity index (χ4n) is 2.77. The molecule has 2 atom stereocenters. The Balaban J connectivity index is 1.92. The van der Waals surface area contributed by atoms with Gasteiger partial charge in [-0.1, -0.05) is 6.07 Å². The Bertz CT molecular complexity index is 624. The van der Waals surface area contributed by atoms with Gasteiger partial charge in [-0.15, -0.1) is 0 Å². The first kappa shape index (κ1) is 13.9. The van der Waals surface area contributed by atoms with Crippen LogP contribution in [0.1, 0.15) is 36.6 Å². The normalized spacial score (nSPS) is 20.7. The summed E-state index contributed by atoms with van der Waals surface area (Å²) >= 11 is 0. The van der Waals surface area contributed by atoms with E-state index in [0.717, 1.165) is 30.0 Å². The largest absolute Gasteiger partial charge is 0.497 e. The van der Waals surface area contributed by atoms with E-state index in [1.807, 2.05) is 30.1 Å². The van der Waals surface area contributed by atoms with E-state index in [1.54, 1.807) is 7.11 Å². The van der Waals surface area contributed by atoms with Crippen molar-refractivity contribution in [3.05, 3.63) is 41.7 Å². The maximum Gasteiger partial charge on any atom is 0.129 e. The lowest BCUT2D eigenvalue weighted by Gasteiger charge is -2.32. The molecule has 5 nitrogen and oxygen atoms in total. The molecule has 0 fully saturated rings. The minimum absolute atomic E-state index is 0.0161. The highest BCUT2D eigenvalue weighted by molar-refractivity contribution is 5.44. The summed E-state index contributed by atoms with van der Waals surface area (Å²) in [5, 5.41) is 7.71. The lowest BCUT2D eigenvalue weighted by molar-refractivity contribution is 0.153. The second-order valence-corrected chi connectivity index (χ2v) is 5.22. The first-order valence-corrected chi connectivity index (χ1v) is 7.29. The van der Waals surface area contributed by atoms with Gasteiger partial charge in [0.05, 0.1) is 13.3 Å². The minimum Gasteiger partial charge on any atom is -0.497 e. The molecule has 2 aromatic rings. The van der Waals surface area contributed by atoms with E-state index in [4.69, 9.17) is 9.47 Å². The Morgan fingerprint density at radius 1 is 1.48 bits per heavy atom. The molecular formula is C16H21N3O2. The number of nitrogens with one attached hydrogen (secondary N) is 1. The van der Waals surface area contributed by atoms with Crippen molar-refractivity contribution in [2.45, 2.75) is 32.0 Å². The summed E-state index contributed by atoms with van der Waals surface area (Å²) in [5.74, 6) is 1.70. The summed E-state index contributed by atoms with van der Waals surface area (Å²) in [4.78, 5) is 0. The lowest BCUT2D eigenvalue weighted by Crippen LogP contribution is -2.26. The third-order valence-electron chi connectivity index (χ3n) is 4.01. The van der Waals surface area contributed by atoms with E-state index in [1.165, 1.54) is 5.56 Å². The van der Waals surface area contributed by atoms with Crippen molar-refractivity contribution < 1.29 is 9.47 Å². The van der Waals surface area contributed by atoms with Gasteiger partial charge in [0.25, 0.3) is 0 Å². The van der Waals surface area contributed by atoms with Crippen molar-refractivity contribution in [2.24, 2.45) is 0 Å². The molecule has 3 rings (SSSR count). The molecule has 1 aliphatic rings. The van der Waals surface area contributed by atoms with Crippen LogP contribution in [-0.2, 0) is 6.54 Å². The molecule has 0 bridgehead atoms. The Labute approximate surface area is 124 Å². The monoisotopic (exact) mass is 287 g/mol. The maximum atomic E-state index is 6.18. The van der Waals surface area contributed by atoms with Gasteiger partial charge >= 0.3 is 0 Å². The topological polar surface area (TPSA) is 48.3 Å². The molecule has 1 aromatic carbocycles. The van der Waals surface area contributed by atoms with Crippen LogP contribution in [0.5, 0.6) is 11.5 Å². The predicted molar refractivity (Wildman–Crippen MR) is 80.7 cm³/mol. The number of fused-ring (bicyclic) bond motifs is 1. The van der Waals surface area contributed by atoms with Crippen LogP contribution < -0.4 is 14.8 Å². The van der Waals surface area contributed by atoms with Crippen molar-refractivity contribution >= 4 is 0 Å². The van der Waals surface area contributed by atoms with Crippen LogP contribution in [0.2, 0.25) is 0 Å². The number of nitrogens with zero attached hydrogens (tertiary/aromatic N) is 2. The van der Waals surface area contributed by atoms with Gasteiger partial charge in [0.15, 0.2) is 0 Å². The smallest absolute Gasteiger partial charge is 0.129 e. The predicted octanol–water partition coefficient (Wildman–Crippen LogP) is 2.70. The van der Waals surface area contributed by atoms with E-state index < -0.39 is 0 Å². The summed E-state index contributed by atoms with van der Waals surface area (Å²) in [6.07, 6.45) is 4.86. The Kier molecular flexibility index (Phi) is 3.84. The summed E-state index contributed by atoms with van der Waals surface area (Å²) in [7, 11) is 3.65. The van der Waals surface area contributed by atoms with Gasteiger partial charge in [-0.3, -0.25) is 4.68 Å². The van der Waals surface area contributed by atoms with Crippen molar-refractivity contribution in [3.63, 3.8) is 0 Å². The second-order valence-electron chi connectivity index (χ2n) is 5.22.